The van der Waals surface area contributed by atoms with Crippen molar-refractivity contribution in [1.29, 1.82) is 0 Å². The molecule has 1 unspecified atom stereocenters. The molecule has 1 saturated heterocycles. The first-order valence-corrected chi connectivity index (χ1v) is 10.5. The molecule has 7 nitrogen and oxygen atoms in total. The largest absolute Gasteiger partial charge is 0.467 e. The maximum absolute atomic E-state index is 12.7. The van der Waals surface area contributed by atoms with Gasteiger partial charge < -0.3 is 20.0 Å². The fourth-order valence-electron chi connectivity index (χ4n) is 3.38. The van der Waals surface area contributed by atoms with Gasteiger partial charge in [-0.2, -0.15) is 0 Å². The monoisotopic (exact) mass is 451 g/mol. The number of benzene rings is 1. The number of nitrogens with one attached hydrogen (secondary N) is 2. The normalized spacial score (nSPS) is 15.5. The standard InChI is InChI=1S/C21H23Cl2N3O4/c1-13(25-20(28)16-5-2-6-17(22)18(16)23)21(29)26-9-7-14(8-10-26)19(27)24-12-15-4-3-11-30-15/h2-6,11,13-14H,7-10,12H2,1H3,(H,24,27)(H,25,28). The van der Waals surface area contributed by atoms with E-state index in [1.807, 2.05) is 0 Å². The Hall–Kier alpha value is -2.51. The Bertz CT molecular complexity index is 909. The van der Waals surface area contributed by atoms with Crippen LogP contribution in [0.2, 0.25) is 10.0 Å². The van der Waals surface area contributed by atoms with Crippen LogP contribution in [0.3, 0.4) is 0 Å². The molecule has 30 heavy (non-hydrogen) atoms. The molecule has 1 aliphatic heterocycles. The molecule has 160 valence electrons. The van der Waals surface area contributed by atoms with Crippen LogP contribution >= 0.6 is 23.2 Å². The summed E-state index contributed by atoms with van der Waals surface area (Å²) in [7, 11) is 0. The van der Waals surface area contributed by atoms with E-state index in [2.05, 4.69) is 10.6 Å². The lowest BCUT2D eigenvalue weighted by molar-refractivity contribution is -0.136. The van der Waals surface area contributed by atoms with Gasteiger partial charge in [-0.3, -0.25) is 14.4 Å². The zero-order valence-electron chi connectivity index (χ0n) is 16.5. The van der Waals surface area contributed by atoms with Crippen LogP contribution in [0.25, 0.3) is 0 Å². The highest BCUT2D eigenvalue weighted by Gasteiger charge is 2.30. The predicted molar refractivity (Wildman–Crippen MR) is 113 cm³/mol. The molecule has 9 heteroatoms. The van der Waals surface area contributed by atoms with Crippen molar-refractivity contribution >= 4 is 40.9 Å². The number of halogens is 2. The molecule has 2 aromatic rings. The Morgan fingerprint density at radius 2 is 1.90 bits per heavy atom. The van der Waals surface area contributed by atoms with Crippen molar-refractivity contribution < 1.29 is 18.8 Å². The minimum atomic E-state index is -0.725. The van der Waals surface area contributed by atoms with Crippen LogP contribution in [-0.2, 0) is 16.1 Å². The Labute approximate surface area is 184 Å². The highest BCUT2D eigenvalue weighted by molar-refractivity contribution is 6.43. The molecule has 0 bridgehead atoms. The van der Waals surface area contributed by atoms with Gasteiger partial charge in [0.05, 0.1) is 28.4 Å². The summed E-state index contributed by atoms with van der Waals surface area (Å²) in [5, 5.41) is 5.95. The number of likely N-dealkylation sites (tertiary alicyclic amines) is 1. The number of carbonyl (C=O) groups is 3. The number of hydrogen-bond donors (Lipinski definition) is 2. The maximum atomic E-state index is 12.7. The third-order valence-corrected chi connectivity index (χ3v) is 5.93. The fraction of sp³-hybridized carbons (Fsp3) is 0.381. The van der Waals surface area contributed by atoms with E-state index in [1.54, 1.807) is 48.4 Å². The second-order valence-electron chi connectivity index (χ2n) is 7.19. The summed E-state index contributed by atoms with van der Waals surface area (Å²) in [5.74, 6) is -0.165. The molecule has 1 fully saturated rings. The average Bonchev–Trinajstić information content (AvgIpc) is 3.27. The number of piperidine rings is 1. The molecule has 3 rings (SSSR count). The zero-order chi connectivity index (χ0) is 21.7. The number of rotatable bonds is 6. The molecule has 0 aliphatic carbocycles. The smallest absolute Gasteiger partial charge is 0.253 e. The van der Waals surface area contributed by atoms with Gasteiger partial charge in [0, 0.05) is 19.0 Å². The zero-order valence-corrected chi connectivity index (χ0v) is 18.0. The minimum Gasteiger partial charge on any atom is -0.467 e. The van der Waals surface area contributed by atoms with E-state index < -0.39 is 11.9 Å². The summed E-state index contributed by atoms with van der Waals surface area (Å²) in [6, 6.07) is 7.60. The summed E-state index contributed by atoms with van der Waals surface area (Å²) in [6.07, 6.45) is 2.69. The van der Waals surface area contributed by atoms with Crippen molar-refractivity contribution in [1.82, 2.24) is 15.5 Å². The van der Waals surface area contributed by atoms with Crippen LogP contribution in [-0.4, -0.2) is 41.8 Å². The summed E-state index contributed by atoms with van der Waals surface area (Å²) in [6.45, 7) is 2.88. The molecule has 3 amide bonds. The first-order valence-electron chi connectivity index (χ1n) is 9.70. The highest BCUT2D eigenvalue weighted by atomic mass is 35.5. The first kappa shape index (κ1) is 22.2. The molecule has 1 aromatic heterocycles. The van der Waals surface area contributed by atoms with E-state index in [9.17, 15) is 14.4 Å². The summed E-state index contributed by atoms with van der Waals surface area (Å²) in [5.41, 5.74) is 0.218. The number of hydrogen-bond acceptors (Lipinski definition) is 4. The number of nitrogens with zero attached hydrogens (tertiary/aromatic N) is 1. The molecular formula is C21H23Cl2N3O4. The van der Waals surface area contributed by atoms with Gasteiger partial charge in [-0.05, 0) is 44.0 Å². The van der Waals surface area contributed by atoms with E-state index in [0.717, 1.165) is 0 Å². The lowest BCUT2D eigenvalue weighted by Crippen LogP contribution is -2.50. The third-order valence-electron chi connectivity index (χ3n) is 5.11. The van der Waals surface area contributed by atoms with E-state index in [0.29, 0.717) is 38.2 Å². The van der Waals surface area contributed by atoms with Crippen molar-refractivity contribution in [2.45, 2.75) is 32.4 Å². The van der Waals surface area contributed by atoms with Gasteiger partial charge in [0.25, 0.3) is 5.91 Å². The molecule has 1 aliphatic rings. The minimum absolute atomic E-state index is 0.0459. The second kappa shape index (κ2) is 10.00. The van der Waals surface area contributed by atoms with E-state index >= 15 is 0 Å². The van der Waals surface area contributed by atoms with Crippen molar-refractivity contribution in [3.05, 3.63) is 58.0 Å². The number of amides is 3. The van der Waals surface area contributed by atoms with Crippen molar-refractivity contribution in [3.63, 3.8) is 0 Å². The van der Waals surface area contributed by atoms with Gasteiger partial charge in [0.2, 0.25) is 11.8 Å². The lowest BCUT2D eigenvalue weighted by atomic mass is 9.95. The first-order chi connectivity index (χ1) is 14.4. The lowest BCUT2D eigenvalue weighted by Gasteiger charge is -2.33. The van der Waals surface area contributed by atoms with E-state index in [4.69, 9.17) is 27.6 Å². The Kier molecular flexibility index (Phi) is 7.39. The quantitative estimate of drug-likeness (QED) is 0.704. The molecule has 0 saturated carbocycles. The van der Waals surface area contributed by atoms with Crippen LogP contribution in [0.4, 0.5) is 0 Å². The topological polar surface area (TPSA) is 91.7 Å². The average molecular weight is 452 g/mol. The van der Waals surface area contributed by atoms with Gasteiger partial charge >= 0.3 is 0 Å². The van der Waals surface area contributed by atoms with Crippen LogP contribution in [0.15, 0.2) is 41.0 Å². The van der Waals surface area contributed by atoms with Crippen LogP contribution in [0.5, 0.6) is 0 Å². The molecule has 0 radical (unpaired) electrons. The van der Waals surface area contributed by atoms with Crippen molar-refractivity contribution in [2.75, 3.05) is 13.1 Å². The molecule has 2 N–H and O–H groups in total. The fourth-order valence-corrected chi connectivity index (χ4v) is 3.77. The Balaban J connectivity index is 1.47. The number of furan rings is 1. The molecule has 2 heterocycles. The van der Waals surface area contributed by atoms with Crippen molar-refractivity contribution in [2.24, 2.45) is 5.92 Å². The summed E-state index contributed by atoms with van der Waals surface area (Å²) in [4.78, 5) is 39.2. The summed E-state index contributed by atoms with van der Waals surface area (Å²) >= 11 is 12.0. The maximum Gasteiger partial charge on any atom is 0.253 e. The van der Waals surface area contributed by atoms with Gasteiger partial charge in [-0.25, -0.2) is 0 Å². The highest BCUT2D eigenvalue weighted by Crippen LogP contribution is 2.25. The van der Waals surface area contributed by atoms with Crippen molar-refractivity contribution in [3.8, 4) is 0 Å². The van der Waals surface area contributed by atoms with Gasteiger partial charge in [0.1, 0.15) is 11.8 Å². The molecule has 0 spiro atoms. The van der Waals surface area contributed by atoms with Gasteiger partial charge in [-0.15, -0.1) is 0 Å². The second-order valence-corrected chi connectivity index (χ2v) is 7.98. The van der Waals surface area contributed by atoms with Crippen LogP contribution in [0, 0.1) is 5.92 Å². The number of carbonyl (C=O) groups excluding carboxylic acids is 3. The van der Waals surface area contributed by atoms with E-state index in [-0.39, 0.29) is 33.3 Å². The van der Waals surface area contributed by atoms with Gasteiger partial charge in [-0.1, -0.05) is 29.3 Å². The van der Waals surface area contributed by atoms with Gasteiger partial charge in [0.15, 0.2) is 0 Å². The van der Waals surface area contributed by atoms with E-state index in [1.165, 1.54) is 0 Å². The predicted octanol–water partition coefficient (Wildman–Crippen LogP) is 3.26. The van der Waals surface area contributed by atoms with Crippen LogP contribution in [0.1, 0.15) is 35.9 Å². The third kappa shape index (κ3) is 5.34. The molecule has 1 atom stereocenters. The Morgan fingerprint density at radius 3 is 2.57 bits per heavy atom. The Morgan fingerprint density at radius 1 is 1.17 bits per heavy atom. The SMILES string of the molecule is CC(NC(=O)c1cccc(Cl)c1Cl)C(=O)N1CCC(C(=O)NCc2ccco2)CC1. The summed E-state index contributed by atoms with van der Waals surface area (Å²) < 4.78 is 5.21. The molecule has 1 aromatic carbocycles. The van der Waals surface area contributed by atoms with Crippen LogP contribution < -0.4 is 10.6 Å². The molecular weight excluding hydrogens is 429 g/mol.